The van der Waals surface area contributed by atoms with Crippen LogP contribution in [0.3, 0.4) is 0 Å². The molecule has 22 heteroatoms. The maximum absolute atomic E-state index is 15.6. The van der Waals surface area contributed by atoms with Gasteiger partial charge in [0.15, 0.2) is 0 Å². The molecule has 2 fully saturated rings. The monoisotopic (exact) mass is 898 g/mol. The molecule has 1 N–H and O–H groups in total. The second-order valence-corrected chi connectivity index (χ2v) is 16.8. The van der Waals surface area contributed by atoms with E-state index in [0.717, 1.165) is 29.7 Å². The average molecular weight is 899 g/mol. The molecule has 0 heterocycles. The fourth-order valence-corrected chi connectivity index (χ4v) is 9.19. The van der Waals surface area contributed by atoms with E-state index in [9.17, 15) is 66.1 Å². The summed E-state index contributed by atoms with van der Waals surface area (Å²) in [5, 5.41) is -1.85. The predicted molar refractivity (Wildman–Crippen MR) is 186 cm³/mol. The number of hydrogen-bond acceptors (Lipinski definition) is 7. The van der Waals surface area contributed by atoms with E-state index in [4.69, 9.17) is 14.2 Å². The molecule has 0 saturated heterocycles. The number of hydrogen-bond donors (Lipinski definition) is 1. The Balaban J connectivity index is 1.96. The number of rotatable bonds is 21. The lowest BCUT2D eigenvalue weighted by molar-refractivity contribution is -0.443. The van der Waals surface area contributed by atoms with Gasteiger partial charge in [-0.05, 0) is 80.3 Å². The number of carbonyl (C=O) groups is 1. The highest BCUT2D eigenvalue weighted by atomic mass is 32.2. The number of halogens is 13. The minimum absolute atomic E-state index is 0.0925. The minimum atomic E-state index is -8.00. The van der Waals surface area contributed by atoms with Crippen molar-refractivity contribution < 1.29 is 89.1 Å². The van der Waals surface area contributed by atoms with Gasteiger partial charge in [-0.3, -0.25) is 9.35 Å². The Morgan fingerprint density at radius 1 is 0.828 bits per heavy atom. The van der Waals surface area contributed by atoms with Crippen LogP contribution in [-0.4, -0.2) is 98.4 Å². The molecule has 58 heavy (non-hydrogen) atoms. The van der Waals surface area contributed by atoms with Crippen LogP contribution in [0.25, 0.3) is 0 Å². The summed E-state index contributed by atoms with van der Waals surface area (Å²) in [5.74, 6) is -45.1. The van der Waals surface area contributed by atoms with E-state index >= 15 is 8.78 Å². The number of ether oxygens (including phenoxy) is 3. The Morgan fingerprint density at radius 2 is 1.45 bits per heavy atom. The Kier molecular flexibility index (Phi) is 16.7. The smallest absolute Gasteiger partial charge is 0.460 e. The van der Waals surface area contributed by atoms with Crippen LogP contribution in [0.15, 0.2) is 54.8 Å². The van der Waals surface area contributed by atoms with Crippen molar-refractivity contribution in [3.63, 3.8) is 0 Å². The van der Waals surface area contributed by atoms with Crippen LogP contribution in [0.1, 0.15) is 38.2 Å². The highest BCUT2D eigenvalue weighted by molar-refractivity contribution is 8.07. The van der Waals surface area contributed by atoms with Crippen LogP contribution >= 0.6 is 11.8 Å². The fraction of sp³-hybridized carbons (Fsp3) is 0.694. The molecule has 2 saturated carbocycles. The van der Waals surface area contributed by atoms with Crippen molar-refractivity contribution in [1.29, 1.82) is 0 Å². The van der Waals surface area contributed by atoms with Crippen molar-refractivity contribution in [3.8, 4) is 0 Å². The summed E-state index contributed by atoms with van der Waals surface area (Å²) >= 11 is 0.978. The van der Waals surface area contributed by atoms with Crippen LogP contribution < -0.4 is 0 Å². The van der Waals surface area contributed by atoms with E-state index in [-0.39, 0.29) is 38.3 Å². The molecule has 2 aliphatic carbocycles. The quantitative estimate of drug-likeness (QED) is 0.0429. The first kappa shape index (κ1) is 49.8. The Hall–Kier alpha value is -2.56. The highest BCUT2D eigenvalue weighted by Crippen LogP contribution is 2.63. The molecule has 0 bridgehead atoms. The van der Waals surface area contributed by atoms with Gasteiger partial charge < -0.3 is 14.2 Å². The molecule has 0 radical (unpaired) electrons. The minimum Gasteiger partial charge on any atom is -0.502 e. The molecule has 0 aliphatic heterocycles. The lowest BCUT2D eigenvalue weighted by atomic mass is 9.82. The largest absolute Gasteiger partial charge is 0.502 e. The van der Waals surface area contributed by atoms with Crippen LogP contribution in [0, 0.1) is 35.5 Å². The van der Waals surface area contributed by atoms with Crippen molar-refractivity contribution in [2.45, 2.75) is 80.1 Å². The molecule has 7 atom stereocenters. The zero-order valence-electron chi connectivity index (χ0n) is 30.9. The van der Waals surface area contributed by atoms with Crippen molar-refractivity contribution in [1.82, 2.24) is 0 Å². The summed E-state index contributed by atoms with van der Waals surface area (Å²) in [7, 11) is -3.56. The molecule has 0 spiro atoms. The van der Waals surface area contributed by atoms with E-state index in [1.165, 1.54) is 26.2 Å². The number of methoxy groups -OCH3 is 1. The van der Waals surface area contributed by atoms with Gasteiger partial charge >= 0.3 is 45.9 Å². The molecule has 0 amide bonds. The molecular weight excluding hydrogens is 855 g/mol. The van der Waals surface area contributed by atoms with Gasteiger partial charge in [0.1, 0.15) is 0 Å². The van der Waals surface area contributed by atoms with E-state index in [2.05, 4.69) is 0 Å². The number of thioether (sulfide) groups is 1. The standard InChI is InChI=1S/C36H43F13O7S2/c1-3-55-12-11-25-15-23(16-28(25)31(37,38)32(39,40)33(41,42)34(43,44)35(45,46)36(47,48)49)9-10-24-18-26(19-27(24)20-56-14-13-54-2)29(17-22-7-5-4-6-8-22)57-21-30(50)58(51,52)53/h4-12,23-29H,3,13-21H2,1-2H3,(H,51,52,53)/b10-9+,12-11-. The zero-order chi connectivity index (χ0) is 44.0. The van der Waals surface area contributed by atoms with Crippen LogP contribution in [0.4, 0.5) is 57.1 Å². The summed E-state index contributed by atoms with van der Waals surface area (Å²) in [5.41, 5.74) is 0.817. The van der Waals surface area contributed by atoms with Gasteiger partial charge in [-0.2, -0.15) is 65.5 Å². The topological polar surface area (TPSA) is 99.1 Å². The normalized spacial score (nSPS) is 24.9. The number of allylic oxidation sites excluding steroid dienone is 3. The third kappa shape index (κ3) is 11.0. The third-order valence-electron chi connectivity index (χ3n) is 10.3. The lowest BCUT2D eigenvalue weighted by Gasteiger charge is -2.42. The van der Waals surface area contributed by atoms with Gasteiger partial charge in [0.25, 0.3) is 5.12 Å². The zero-order valence-corrected chi connectivity index (χ0v) is 32.6. The van der Waals surface area contributed by atoms with Crippen molar-refractivity contribution >= 4 is 27.0 Å². The summed E-state index contributed by atoms with van der Waals surface area (Å²) in [6.07, 6.45) is -3.71. The molecule has 1 aromatic carbocycles. The van der Waals surface area contributed by atoms with Gasteiger partial charge in [0.05, 0.1) is 38.4 Å². The number of benzene rings is 1. The predicted octanol–water partition coefficient (Wildman–Crippen LogP) is 9.54. The molecule has 0 aromatic heterocycles. The first-order valence-corrected chi connectivity index (χ1v) is 20.3. The van der Waals surface area contributed by atoms with Gasteiger partial charge in [0, 0.05) is 18.3 Å². The van der Waals surface area contributed by atoms with Crippen molar-refractivity contribution in [2.24, 2.45) is 35.5 Å². The van der Waals surface area contributed by atoms with E-state index in [1.807, 2.05) is 0 Å². The van der Waals surface area contributed by atoms with Crippen molar-refractivity contribution in [3.05, 3.63) is 60.4 Å². The average Bonchev–Trinajstić information content (AvgIpc) is 3.74. The van der Waals surface area contributed by atoms with Gasteiger partial charge in [0.2, 0.25) is 0 Å². The maximum atomic E-state index is 15.6. The third-order valence-corrected chi connectivity index (χ3v) is 12.7. The lowest BCUT2D eigenvalue weighted by Crippen LogP contribution is -2.71. The van der Waals surface area contributed by atoms with E-state index < -0.39 is 98.5 Å². The summed E-state index contributed by atoms with van der Waals surface area (Å²) in [6, 6.07) is 8.85. The van der Waals surface area contributed by atoms with Gasteiger partial charge in [-0.15, -0.1) is 11.8 Å². The van der Waals surface area contributed by atoms with Crippen LogP contribution in [0.5, 0.6) is 0 Å². The molecule has 3 rings (SSSR count). The SMILES string of the molecule is CCO/C=C\C1CC(/C=C/C2CC(C(Cc3ccccc3)SCC(=O)S(=O)(=O)O)CC2COCCOC)CC1C(F)(F)C(F)(F)C(F)(F)C(F)(F)C(F)(F)C(F)(F)F. The Bertz CT molecular complexity index is 1660. The molecule has 7 unspecified atom stereocenters. The number of alkyl halides is 13. The Morgan fingerprint density at radius 3 is 2.02 bits per heavy atom. The fourth-order valence-electron chi connectivity index (χ4n) is 7.23. The van der Waals surface area contributed by atoms with Gasteiger partial charge in [-0.1, -0.05) is 42.5 Å². The van der Waals surface area contributed by atoms with E-state index in [0.29, 0.717) is 19.3 Å². The van der Waals surface area contributed by atoms with Gasteiger partial charge in [-0.25, -0.2) is 0 Å². The molecule has 7 nitrogen and oxygen atoms in total. The van der Waals surface area contributed by atoms with E-state index in [1.54, 1.807) is 30.3 Å². The summed E-state index contributed by atoms with van der Waals surface area (Å²) < 4.78 is 231. The second kappa shape index (κ2) is 19.4. The second-order valence-electron chi connectivity index (χ2n) is 14.2. The molecule has 332 valence electrons. The molecule has 2 aliphatic rings. The van der Waals surface area contributed by atoms with Crippen molar-refractivity contribution in [2.75, 3.05) is 39.3 Å². The molecule has 1 aromatic rings. The van der Waals surface area contributed by atoms with Crippen LogP contribution in [0.2, 0.25) is 0 Å². The number of carbonyl (C=O) groups excluding carboxylic acids is 1. The highest BCUT2D eigenvalue weighted by Gasteiger charge is 2.91. The maximum Gasteiger partial charge on any atom is 0.460 e. The van der Waals surface area contributed by atoms with Crippen LogP contribution in [-0.2, 0) is 35.5 Å². The first-order valence-electron chi connectivity index (χ1n) is 17.8. The first-order chi connectivity index (χ1) is 26.7. The Labute approximate surface area is 330 Å². The summed E-state index contributed by atoms with van der Waals surface area (Å²) in [4.78, 5) is 12.1. The summed E-state index contributed by atoms with van der Waals surface area (Å²) in [6.45, 7) is 1.79. The molecular formula is C36H43F13O7S2.